The molecular formula is C24H25Cl2NO2. The Hall–Kier alpha value is -2.20. The summed E-state index contributed by atoms with van der Waals surface area (Å²) in [6.07, 6.45) is 0.819. The van der Waals surface area contributed by atoms with Crippen molar-refractivity contribution in [3.8, 4) is 11.5 Å². The Kier molecular flexibility index (Phi) is 7.82. The van der Waals surface area contributed by atoms with E-state index in [2.05, 4.69) is 30.4 Å². The zero-order valence-electron chi connectivity index (χ0n) is 16.7. The van der Waals surface area contributed by atoms with Crippen LogP contribution in [0, 0.1) is 6.92 Å². The van der Waals surface area contributed by atoms with Crippen LogP contribution < -0.4 is 14.8 Å². The lowest BCUT2D eigenvalue weighted by molar-refractivity contribution is 0.280. The fourth-order valence-corrected chi connectivity index (χ4v) is 3.62. The average Bonchev–Trinajstić information content (AvgIpc) is 2.72. The van der Waals surface area contributed by atoms with Gasteiger partial charge < -0.3 is 14.8 Å². The number of hydrogen-bond acceptors (Lipinski definition) is 3. The van der Waals surface area contributed by atoms with Crippen molar-refractivity contribution < 1.29 is 9.47 Å². The van der Waals surface area contributed by atoms with Gasteiger partial charge in [0.05, 0.1) is 7.11 Å². The van der Waals surface area contributed by atoms with Crippen LogP contribution in [0.1, 0.15) is 22.3 Å². The quantitative estimate of drug-likeness (QED) is 0.409. The number of rotatable bonds is 9. The van der Waals surface area contributed by atoms with Gasteiger partial charge in [0, 0.05) is 22.2 Å². The van der Waals surface area contributed by atoms with Gasteiger partial charge in [0.1, 0.15) is 6.61 Å². The molecule has 0 amide bonds. The van der Waals surface area contributed by atoms with Crippen molar-refractivity contribution >= 4 is 23.2 Å². The van der Waals surface area contributed by atoms with Gasteiger partial charge in [0.15, 0.2) is 11.5 Å². The summed E-state index contributed by atoms with van der Waals surface area (Å²) < 4.78 is 11.7. The first-order valence-electron chi connectivity index (χ1n) is 9.56. The van der Waals surface area contributed by atoms with Gasteiger partial charge in [-0.25, -0.2) is 0 Å². The molecule has 0 aliphatic heterocycles. The molecule has 3 nitrogen and oxygen atoms in total. The third-order valence-corrected chi connectivity index (χ3v) is 5.40. The molecule has 0 bridgehead atoms. The molecular weight excluding hydrogens is 405 g/mol. The maximum absolute atomic E-state index is 6.25. The topological polar surface area (TPSA) is 30.5 Å². The van der Waals surface area contributed by atoms with Crippen LogP contribution in [-0.2, 0) is 19.6 Å². The van der Waals surface area contributed by atoms with E-state index in [1.165, 1.54) is 5.56 Å². The largest absolute Gasteiger partial charge is 0.493 e. The van der Waals surface area contributed by atoms with E-state index >= 15 is 0 Å². The molecule has 3 aromatic rings. The van der Waals surface area contributed by atoms with Gasteiger partial charge in [-0.05, 0) is 54.8 Å². The summed E-state index contributed by atoms with van der Waals surface area (Å²) in [7, 11) is 1.66. The number of aryl methyl sites for hydroxylation is 1. The summed E-state index contributed by atoms with van der Waals surface area (Å²) in [6.45, 7) is 4.05. The molecule has 1 N–H and O–H groups in total. The molecule has 0 heterocycles. The molecule has 0 aromatic heterocycles. The van der Waals surface area contributed by atoms with E-state index in [1.807, 2.05) is 36.4 Å². The smallest absolute Gasteiger partial charge is 0.166 e. The summed E-state index contributed by atoms with van der Waals surface area (Å²) in [6, 6.07) is 19.8. The van der Waals surface area contributed by atoms with Crippen molar-refractivity contribution in [3.05, 3.63) is 93.0 Å². The van der Waals surface area contributed by atoms with Gasteiger partial charge in [-0.2, -0.15) is 0 Å². The number of ether oxygens (including phenoxy) is 2. The maximum Gasteiger partial charge on any atom is 0.166 e. The van der Waals surface area contributed by atoms with Gasteiger partial charge in [0.25, 0.3) is 0 Å². The minimum atomic E-state index is 0.500. The van der Waals surface area contributed by atoms with Crippen molar-refractivity contribution in [2.45, 2.75) is 26.5 Å². The molecule has 0 fully saturated rings. The maximum atomic E-state index is 6.25. The van der Waals surface area contributed by atoms with Gasteiger partial charge in [-0.15, -0.1) is 0 Å². The zero-order chi connectivity index (χ0) is 20.6. The fraction of sp³-hybridized carbons (Fsp3) is 0.250. The summed E-state index contributed by atoms with van der Waals surface area (Å²) in [5, 5.41) is 4.81. The Morgan fingerprint density at radius 3 is 2.45 bits per heavy atom. The van der Waals surface area contributed by atoms with E-state index < -0.39 is 0 Å². The van der Waals surface area contributed by atoms with E-state index in [9.17, 15) is 0 Å². The van der Waals surface area contributed by atoms with Crippen LogP contribution in [0.25, 0.3) is 0 Å². The molecule has 0 atom stereocenters. The average molecular weight is 430 g/mol. The van der Waals surface area contributed by atoms with Crippen LogP contribution in [0.2, 0.25) is 10.0 Å². The van der Waals surface area contributed by atoms with E-state index in [1.54, 1.807) is 13.2 Å². The SMILES string of the molecule is COc1cccc(CNCCc2ccc(Cl)cc2Cl)c1OCc1ccccc1C. The number of hydrogen-bond donors (Lipinski definition) is 1. The highest BCUT2D eigenvalue weighted by atomic mass is 35.5. The van der Waals surface area contributed by atoms with Crippen molar-refractivity contribution in [2.24, 2.45) is 0 Å². The van der Waals surface area contributed by atoms with Crippen molar-refractivity contribution in [3.63, 3.8) is 0 Å². The van der Waals surface area contributed by atoms with Crippen LogP contribution >= 0.6 is 23.2 Å². The van der Waals surface area contributed by atoms with Gasteiger partial charge in [-0.3, -0.25) is 0 Å². The molecule has 29 heavy (non-hydrogen) atoms. The predicted octanol–water partition coefficient (Wildman–Crippen LogP) is 6.22. The molecule has 0 saturated heterocycles. The van der Waals surface area contributed by atoms with Gasteiger partial charge in [0.2, 0.25) is 0 Å². The Morgan fingerprint density at radius 2 is 1.69 bits per heavy atom. The minimum Gasteiger partial charge on any atom is -0.493 e. The molecule has 0 radical (unpaired) electrons. The lowest BCUT2D eigenvalue weighted by Crippen LogP contribution is -2.17. The molecule has 0 aliphatic rings. The van der Waals surface area contributed by atoms with E-state index in [-0.39, 0.29) is 0 Å². The van der Waals surface area contributed by atoms with Crippen LogP contribution in [0.4, 0.5) is 0 Å². The van der Waals surface area contributed by atoms with Crippen molar-refractivity contribution in [2.75, 3.05) is 13.7 Å². The monoisotopic (exact) mass is 429 g/mol. The highest BCUT2D eigenvalue weighted by Crippen LogP contribution is 2.32. The normalized spacial score (nSPS) is 10.8. The molecule has 3 rings (SSSR count). The highest BCUT2D eigenvalue weighted by Gasteiger charge is 2.11. The summed E-state index contributed by atoms with van der Waals surface area (Å²) in [4.78, 5) is 0. The molecule has 5 heteroatoms. The predicted molar refractivity (Wildman–Crippen MR) is 120 cm³/mol. The Labute approximate surface area is 182 Å². The number of halogens is 2. The molecule has 3 aromatic carbocycles. The molecule has 152 valence electrons. The van der Waals surface area contributed by atoms with Crippen LogP contribution in [0.5, 0.6) is 11.5 Å². The Balaban J connectivity index is 1.63. The minimum absolute atomic E-state index is 0.500. The van der Waals surface area contributed by atoms with E-state index in [4.69, 9.17) is 32.7 Å². The van der Waals surface area contributed by atoms with Crippen LogP contribution in [0.3, 0.4) is 0 Å². The van der Waals surface area contributed by atoms with Crippen molar-refractivity contribution in [1.29, 1.82) is 0 Å². The number of nitrogens with one attached hydrogen (secondary N) is 1. The third kappa shape index (κ3) is 5.89. The summed E-state index contributed by atoms with van der Waals surface area (Å²) in [5.74, 6) is 1.51. The summed E-state index contributed by atoms with van der Waals surface area (Å²) in [5.41, 5.74) is 4.50. The van der Waals surface area contributed by atoms with Crippen molar-refractivity contribution in [1.82, 2.24) is 5.32 Å². The summed E-state index contributed by atoms with van der Waals surface area (Å²) >= 11 is 12.2. The second-order valence-electron chi connectivity index (χ2n) is 6.83. The van der Waals surface area contributed by atoms with Crippen LogP contribution in [0.15, 0.2) is 60.7 Å². The second-order valence-corrected chi connectivity index (χ2v) is 7.67. The first kappa shape index (κ1) is 21.5. The lowest BCUT2D eigenvalue weighted by Gasteiger charge is -2.16. The molecule has 0 spiro atoms. The van der Waals surface area contributed by atoms with E-state index in [0.29, 0.717) is 23.2 Å². The molecule has 0 aliphatic carbocycles. The van der Waals surface area contributed by atoms with Crippen LogP contribution in [-0.4, -0.2) is 13.7 Å². The fourth-order valence-electron chi connectivity index (χ4n) is 3.12. The number of para-hydroxylation sites is 1. The first-order valence-corrected chi connectivity index (χ1v) is 10.3. The standard InChI is InChI=1S/C24H25Cl2NO2/c1-17-6-3-4-7-20(17)16-29-24-19(8-5-9-23(24)28-2)15-27-13-12-18-10-11-21(25)14-22(18)26/h3-11,14,27H,12-13,15-16H2,1-2H3. The first-order chi connectivity index (χ1) is 14.1. The molecule has 0 saturated carbocycles. The Morgan fingerprint density at radius 1 is 0.897 bits per heavy atom. The van der Waals surface area contributed by atoms with Gasteiger partial charge in [-0.1, -0.05) is 65.7 Å². The number of benzene rings is 3. The number of methoxy groups -OCH3 is 1. The molecule has 0 unspecified atom stereocenters. The third-order valence-electron chi connectivity index (χ3n) is 4.82. The lowest BCUT2D eigenvalue weighted by atomic mass is 10.1. The van der Waals surface area contributed by atoms with Gasteiger partial charge >= 0.3 is 0 Å². The highest BCUT2D eigenvalue weighted by molar-refractivity contribution is 6.35. The second kappa shape index (κ2) is 10.5. The Bertz CT molecular complexity index is 959. The zero-order valence-corrected chi connectivity index (χ0v) is 18.2. The van der Waals surface area contributed by atoms with E-state index in [0.717, 1.165) is 41.2 Å².